The topological polar surface area (TPSA) is 183 Å². The van der Waals surface area contributed by atoms with Gasteiger partial charge < -0.3 is 34.9 Å². The van der Waals surface area contributed by atoms with E-state index in [0.717, 1.165) is 45.2 Å². The molecule has 378 valence electrons. The number of nitriles is 1. The molecule has 19 heteroatoms. The number of unbranched alkanes of at least 4 members (excludes halogenated alkanes) is 1. The Morgan fingerprint density at radius 1 is 1.01 bits per heavy atom. The predicted molar refractivity (Wildman–Crippen MR) is 266 cm³/mol. The van der Waals surface area contributed by atoms with Gasteiger partial charge in [-0.05, 0) is 86.1 Å². The van der Waals surface area contributed by atoms with Crippen LogP contribution in [-0.2, 0) is 41.4 Å². The van der Waals surface area contributed by atoms with E-state index in [1.54, 1.807) is 73.2 Å². The predicted octanol–water partition coefficient (Wildman–Crippen LogP) is 8.05. The summed E-state index contributed by atoms with van der Waals surface area (Å²) in [5.74, 6) is -1.81. The summed E-state index contributed by atoms with van der Waals surface area (Å²) >= 11 is 7.25. The van der Waals surface area contributed by atoms with Gasteiger partial charge in [-0.3, -0.25) is 24.1 Å². The summed E-state index contributed by atoms with van der Waals surface area (Å²) in [6.45, 7) is 12.0. The van der Waals surface area contributed by atoms with Crippen LogP contribution in [-0.4, -0.2) is 101 Å². The molecule has 6 rings (SSSR count). The number of ether oxygens (including phenoxy) is 3. The summed E-state index contributed by atoms with van der Waals surface area (Å²) in [6, 6.07) is 17.7. The Kier molecular flexibility index (Phi) is 17.9. The zero-order valence-electron chi connectivity index (χ0n) is 40.5. The number of nitrogens with one attached hydrogen (secondary N) is 2. The number of alkyl halides is 3. The van der Waals surface area contributed by atoms with Gasteiger partial charge in [0.15, 0.2) is 0 Å². The first-order valence-electron chi connectivity index (χ1n) is 23.2. The minimum Gasteiger partial charge on any atom is -0.494 e. The van der Waals surface area contributed by atoms with Crippen LogP contribution >= 0.6 is 23.6 Å². The smallest absolute Gasteiger partial charge is 0.417 e. The number of likely N-dealkylation sites (tertiary alicyclic amines) is 1. The molecule has 0 bridgehead atoms. The fourth-order valence-corrected chi connectivity index (χ4v) is 9.93. The van der Waals surface area contributed by atoms with Crippen LogP contribution in [0.15, 0.2) is 84.4 Å². The highest BCUT2D eigenvalue weighted by atomic mass is 32.1. The summed E-state index contributed by atoms with van der Waals surface area (Å²) in [5.41, 5.74) is 1.86. The normalized spacial score (nSPS) is 18.5. The second kappa shape index (κ2) is 23.5. The Balaban J connectivity index is 0.867. The van der Waals surface area contributed by atoms with Crippen molar-refractivity contribution in [3.05, 3.63) is 112 Å². The Morgan fingerprint density at radius 3 is 2.32 bits per heavy atom. The standard InChI is InChI=1S/C52H59F3N6O8S2/c1-32-44(71-31-58-32)35-13-11-33(12-14-35)28-57-46(64)41-26-38(62)29-60(41)47(65)45(50(2,3)4)59-42(63)30-68-23-8-7-21-67-22-9-10-24-69-39-19-16-34(17-20-39)43-48(70)61(49(66)51(43,5)6)37-18-15-36(27-56)40(25-37)52(53,54)55/h7-8,11-20,25,31,38,41,43,45,62H,9-10,21-24,26,28-30H2,1-6H3,(H,57,64)(H,59,63)/b8-7-/t38-,41+,43?,45-/m1/s1. The average molecular weight is 1020 g/mol. The van der Waals surface area contributed by atoms with Crippen molar-refractivity contribution in [1.82, 2.24) is 20.5 Å². The number of thiocarbonyl (C=S) groups is 1. The van der Waals surface area contributed by atoms with E-state index < -0.39 is 70.0 Å². The third-order valence-corrected chi connectivity index (χ3v) is 13.7. The molecule has 0 radical (unpaired) electrons. The molecule has 2 saturated heterocycles. The molecule has 4 aromatic rings. The van der Waals surface area contributed by atoms with Crippen molar-refractivity contribution in [3.63, 3.8) is 0 Å². The van der Waals surface area contributed by atoms with E-state index in [0.29, 0.717) is 37.6 Å². The number of carbonyl (C=O) groups is 4. The Hall–Kier alpha value is -6.04. The fourth-order valence-electron chi connectivity index (χ4n) is 8.50. The van der Waals surface area contributed by atoms with Crippen LogP contribution in [0.3, 0.4) is 0 Å². The molecule has 4 amide bonds. The van der Waals surface area contributed by atoms with E-state index >= 15 is 0 Å². The molecule has 3 N–H and O–H groups in total. The lowest BCUT2D eigenvalue weighted by molar-refractivity contribution is -0.144. The molecule has 4 atom stereocenters. The molecule has 0 saturated carbocycles. The number of aliphatic hydroxyl groups is 1. The van der Waals surface area contributed by atoms with Crippen LogP contribution in [0, 0.1) is 29.1 Å². The highest BCUT2D eigenvalue weighted by molar-refractivity contribution is 7.80. The zero-order valence-corrected chi connectivity index (χ0v) is 42.1. The van der Waals surface area contributed by atoms with Gasteiger partial charge in [-0.2, -0.15) is 18.4 Å². The van der Waals surface area contributed by atoms with Gasteiger partial charge in [0.05, 0.1) is 75.3 Å². The van der Waals surface area contributed by atoms with Crippen molar-refractivity contribution in [1.29, 1.82) is 5.26 Å². The molecular formula is C52H59F3N6O8S2. The molecule has 3 heterocycles. The number of benzene rings is 3. The number of thiazole rings is 1. The molecular weight excluding hydrogens is 958 g/mol. The monoisotopic (exact) mass is 1020 g/mol. The van der Waals surface area contributed by atoms with E-state index in [4.69, 9.17) is 26.4 Å². The number of amides is 4. The van der Waals surface area contributed by atoms with Gasteiger partial charge >= 0.3 is 6.18 Å². The number of carbonyl (C=O) groups excluding carboxylic acids is 4. The molecule has 2 fully saturated rings. The third kappa shape index (κ3) is 13.5. The van der Waals surface area contributed by atoms with Gasteiger partial charge in [0.2, 0.25) is 23.6 Å². The lowest BCUT2D eigenvalue weighted by Gasteiger charge is -2.35. The molecule has 1 unspecified atom stereocenters. The van der Waals surface area contributed by atoms with E-state index in [1.165, 1.54) is 11.0 Å². The van der Waals surface area contributed by atoms with Gasteiger partial charge in [-0.15, -0.1) is 11.3 Å². The van der Waals surface area contributed by atoms with Gasteiger partial charge in [0.1, 0.15) is 24.4 Å². The number of nitrogens with zero attached hydrogens (tertiary/aromatic N) is 4. The maximum absolute atomic E-state index is 13.9. The molecule has 0 spiro atoms. The highest BCUT2D eigenvalue weighted by Gasteiger charge is 2.52. The Labute approximate surface area is 421 Å². The number of halogens is 3. The van der Waals surface area contributed by atoms with Crippen molar-refractivity contribution >= 4 is 57.9 Å². The first kappa shape index (κ1) is 54.3. The maximum atomic E-state index is 13.9. The lowest BCUT2D eigenvalue weighted by Crippen LogP contribution is -2.58. The quantitative estimate of drug-likeness (QED) is 0.0443. The number of aromatic nitrogens is 1. The van der Waals surface area contributed by atoms with Crippen molar-refractivity contribution in [2.24, 2.45) is 10.8 Å². The lowest BCUT2D eigenvalue weighted by atomic mass is 9.77. The summed E-state index contributed by atoms with van der Waals surface area (Å²) in [5, 5.41) is 25.4. The second-order valence-electron chi connectivity index (χ2n) is 19.1. The SMILES string of the molecule is Cc1ncsc1-c1ccc(CNC(=O)[C@@H]2C[C@@H](O)CN2C(=O)[C@@H](NC(=O)COC/C=C\COCCCCOc2ccc(C3C(=S)N(c4ccc(C#N)c(C(F)(F)F)c4)C(=O)C3(C)C)cc2)C(C)(C)C)cc1. The van der Waals surface area contributed by atoms with Crippen molar-refractivity contribution < 1.29 is 51.7 Å². The van der Waals surface area contributed by atoms with Gasteiger partial charge in [0, 0.05) is 32.0 Å². The van der Waals surface area contributed by atoms with E-state index in [2.05, 4.69) is 15.6 Å². The fraction of sp³-hybridized carbons (Fsp3) is 0.442. The molecule has 2 aliphatic rings. The number of hydrogen-bond acceptors (Lipinski definition) is 12. The summed E-state index contributed by atoms with van der Waals surface area (Å²) < 4.78 is 58.2. The van der Waals surface area contributed by atoms with Crippen LogP contribution in [0.5, 0.6) is 5.75 Å². The van der Waals surface area contributed by atoms with Crippen molar-refractivity contribution in [2.45, 2.75) is 97.6 Å². The second-order valence-corrected chi connectivity index (χ2v) is 20.4. The maximum Gasteiger partial charge on any atom is 0.417 e. The van der Waals surface area contributed by atoms with Gasteiger partial charge in [0.25, 0.3) is 0 Å². The molecule has 0 aliphatic carbocycles. The molecule has 2 aliphatic heterocycles. The van der Waals surface area contributed by atoms with Crippen molar-refractivity contribution in [3.8, 4) is 22.3 Å². The summed E-state index contributed by atoms with van der Waals surface area (Å²) in [6.07, 6.45) is -0.688. The summed E-state index contributed by atoms with van der Waals surface area (Å²) in [7, 11) is 0. The van der Waals surface area contributed by atoms with Gasteiger partial charge in [-0.1, -0.05) is 81.5 Å². The Morgan fingerprint density at radius 2 is 1.69 bits per heavy atom. The number of anilines is 1. The average Bonchev–Trinajstić information content (AvgIpc) is 3.99. The minimum absolute atomic E-state index is 0.0359. The third-order valence-electron chi connectivity index (χ3n) is 12.3. The van der Waals surface area contributed by atoms with E-state index in [-0.39, 0.29) is 49.3 Å². The summed E-state index contributed by atoms with van der Waals surface area (Å²) in [4.78, 5) is 61.9. The van der Waals surface area contributed by atoms with Crippen LogP contribution in [0.25, 0.3) is 10.4 Å². The zero-order chi connectivity index (χ0) is 51.7. The number of hydrogen-bond donors (Lipinski definition) is 3. The molecule has 71 heavy (non-hydrogen) atoms. The number of aliphatic hydroxyl groups excluding tert-OH is 1. The first-order chi connectivity index (χ1) is 33.6. The Bertz CT molecular complexity index is 2620. The number of aryl methyl sites for hydroxylation is 1. The van der Waals surface area contributed by atoms with Gasteiger partial charge in [-0.25, -0.2) is 4.98 Å². The van der Waals surface area contributed by atoms with Crippen LogP contribution in [0.2, 0.25) is 0 Å². The van der Waals surface area contributed by atoms with Crippen LogP contribution in [0.4, 0.5) is 18.9 Å². The molecule has 3 aromatic carbocycles. The van der Waals surface area contributed by atoms with Crippen molar-refractivity contribution in [2.75, 3.05) is 44.5 Å². The number of β-amino-alcohol motifs (C(OH)–C–C–N with tert-alkyl or cyclic N) is 1. The first-order valence-corrected chi connectivity index (χ1v) is 24.5. The number of rotatable bonds is 20. The van der Waals surface area contributed by atoms with E-state index in [9.17, 15) is 42.7 Å². The largest absolute Gasteiger partial charge is 0.494 e. The van der Waals surface area contributed by atoms with Crippen LogP contribution < -0.4 is 20.3 Å². The van der Waals surface area contributed by atoms with E-state index in [1.807, 2.05) is 52.0 Å². The van der Waals surface area contributed by atoms with Crippen LogP contribution in [0.1, 0.15) is 87.7 Å². The molecule has 1 aromatic heterocycles. The molecule has 14 nitrogen and oxygen atoms in total. The minimum atomic E-state index is -4.79. The highest BCUT2D eigenvalue weighted by Crippen LogP contribution is 2.48.